The smallest absolute Gasteiger partial charge is 0.335 e. The zero-order chi connectivity index (χ0) is 16.3. The number of rotatable bonds is 1. The molecule has 3 rings (SSSR count). The third kappa shape index (κ3) is 4.30. The van der Waals surface area contributed by atoms with Gasteiger partial charge in [0.25, 0.3) is 0 Å². The quantitative estimate of drug-likeness (QED) is 0.706. The van der Waals surface area contributed by atoms with E-state index < -0.39 is 5.97 Å². The molecule has 1 aliphatic rings. The lowest BCUT2D eigenvalue weighted by molar-refractivity contribution is 0.0696. The van der Waals surface area contributed by atoms with Gasteiger partial charge in [-0.25, -0.2) is 4.79 Å². The molecule has 0 aliphatic heterocycles. The van der Waals surface area contributed by atoms with Crippen LogP contribution in [0, 0.1) is 17.4 Å². The van der Waals surface area contributed by atoms with Gasteiger partial charge >= 0.3 is 5.97 Å². The van der Waals surface area contributed by atoms with Crippen LogP contribution in [-0.4, -0.2) is 17.1 Å². The van der Waals surface area contributed by atoms with Crippen LogP contribution in [-0.2, 0) is 12.8 Å². The maximum absolute atomic E-state index is 10.5. The Morgan fingerprint density at radius 1 is 1.14 bits per heavy atom. The fraction of sp³-hybridized carbons (Fsp3) is 0.278. The van der Waals surface area contributed by atoms with E-state index in [9.17, 15) is 4.79 Å². The van der Waals surface area contributed by atoms with Crippen LogP contribution >= 0.6 is 22.6 Å². The average molecular weight is 409 g/mol. The van der Waals surface area contributed by atoms with E-state index in [0.717, 1.165) is 24.0 Å². The maximum atomic E-state index is 10.5. The van der Waals surface area contributed by atoms with Crippen molar-refractivity contribution in [2.45, 2.75) is 32.7 Å². The molecule has 4 heteroatoms. The highest BCUT2D eigenvalue weighted by atomic mass is 127. The highest BCUT2D eigenvalue weighted by Crippen LogP contribution is 2.22. The Morgan fingerprint density at radius 3 is 2.45 bits per heavy atom. The molecule has 0 amide bonds. The Kier molecular flexibility index (Phi) is 5.58. The number of carboxylic acids is 1. The van der Waals surface area contributed by atoms with Gasteiger partial charge in [0.1, 0.15) is 0 Å². The summed E-state index contributed by atoms with van der Waals surface area (Å²) in [4.78, 5) is 10.5. The van der Waals surface area contributed by atoms with Gasteiger partial charge in [0.2, 0.25) is 0 Å². The highest BCUT2D eigenvalue weighted by molar-refractivity contribution is 14.1. The van der Waals surface area contributed by atoms with Gasteiger partial charge in [0, 0.05) is 9.61 Å². The first-order valence-electron chi connectivity index (χ1n) is 7.20. The van der Waals surface area contributed by atoms with E-state index in [-0.39, 0.29) is 0 Å². The number of hydrogen-bond acceptors (Lipinski definition) is 2. The minimum absolute atomic E-state index is 0.364. The number of hydrogen-bond donors (Lipinski definition) is 2. The summed E-state index contributed by atoms with van der Waals surface area (Å²) in [5.74, 6) is -0.859. The summed E-state index contributed by atoms with van der Waals surface area (Å²) in [5, 5.41) is 8.66. The fourth-order valence-corrected chi connectivity index (χ4v) is 3.23. The van der Waals surface area contributed by atoms with E-state index in [1.165, 1.54) is 14.7 Å². The highest BCUT2D eigenvalue weighted by Gasteiger charge is 2.17. The minimum atomic E-state index is -0.859. The minimum Gasteiger partial charge on any atom is -0.478 e. The number of aryl methyl sites for hydroxylation is 2. The third-order valence-corrected chi connectivity index (χ3v) is 4.42. The van der Waals surface area contributed by atoms with Crippen molar-refractivity contribution in [3.63, 3.8) is 0 Å². The molecule has 0 aromatic heterocycles. The molecule has 3 N–H and O–H groups in total. The topological polar surface area (TPSA) is 63.3 Å². The van der Waals surface area contributed by atoms with E-state index in [2.05, 4.69) is 40.8 Å². The first-order chi connectivity index (χ1) is 10.4. The second-order valence-electron chi connectivity index (χ2n) is 5.70. The first kappa shape index (κ1) is 17.0. The van der Waals surface area contributed by atoms with Crippen molar-refractivity contribution in [1.82, 2.24) is 0 Å². The molecule has 0 saturated heterocycles. The Hall–Kier alpha value is -1.40. The number of nitrogens with two attached hydrogens (primary N) is 1. The average Bonchev–Trinajstić information content (AvgIpc) is 2.78. The predicted octanol–water partition coefficient (Wildman–Crippen LogP) is 3.72. The third-order valence-electron chi connectivity index (χ3n) is 3.74. The zero-order valence-electron chi connectivity index (χ0n) is 12.8. The normalized spacial score (nSPS) is 15.7. The SMILES string of the molecule is Cc1ccc(C(=O)O)c(C)c1.NC1Cc2ccc(I)cc2C1. The molecule has 1 aliphatic carbocycles. The molecule has 0 fully saturated rings. The fourth-order valence-electron chi connectivity index (χ4n) is 2.67. The molecule has 116 valence electrons. The van der Waals surface area contributed by atoms with E-state index in [1.54, 1.807) is 19.1 Å². The van der Waals surface area contributed by atoms with Crippen molar-refractivity contribution >= 4 is 28.6 Å². The van der Waals surface area contributed by atoms with Crippen molar-refractivity contribution < 1.29 is 9.90 Å². The summed E-state index contributed by atoms with van der Waals surface area (Å²) in [6, 6.07) is 12.3. The van der Waals surface area contributed by atoms with Crippen LogP contribution in [0.1, 0.15) is 32.6 Å². The summed E-state index contributed by atoms with van der Waals surface area (Å²) in [7, 11) is 0. The Bertz CT molecular complexity index is 697. The van der Waals surface area contributed by atoms with Crippen LogP contribution in [0.3, 0.4) is 0 Å². The summed E-state index contributed by atoms with van der Waals surface area (Å²) in [6.45, 7) is 3.75. The van der Waals surface area contributed by atoms with Gasteiger partial charge in [-0.1, -0.05) is 23.8 Å². The van der Waals surface area contributed by atoms with E-state index in [0.29, 0.717) is 11.6 Å². The number of benzene rings is 2. The number of carbonyl (C=O) groups is 1. The van der Waals surface area contributed by atoms with Gasteiger partial charge in [0.15, 0.2) is 0 Å². The molecule has 0 bridgehead atoms. The summed E-state index contributed by atoms with van der Waals surface area (Å²) in [6.07, 6.45) is 2.12. The van der Waals surface area contributed by atoms with Gasteiger partial charge in [0.05, 0.1) is 5.56 Å². The molecule has 1 unspecified atom stereocenters. The van der Waals surface area contributed by atoms with Crippen molar-refractivity contribution in [2.24, 2.45) is 5.73 Å². The van der Waals surface area contributed by atoms with Crippen molar-refractivity contribution in [1.29, 1.82) is 0 Å². The van der Waals surface area contributed by atoms with Crippen LogP contribution in [0.25, 0.3) is 0 Å². The Morgan fingerprint density at radius 2 is 1.82 bits per heavy atom. The van der Waals surface area contributed by atoms with Crippen molar-refractivity contribution in [2.75, 3.05) is 0 Å². The van der Waals surface area contributed by atoms with Gasteiger partial charge in [-0.3, -0.25) is 0 Å². The number of aromatic carboxylic acids is 1. The van der Waals surface area contributed by atoms with Crippen LogP contribution in [0.2, 0.25) is 0 Å². The number of carboxylic acid groups (broad SMARTS) is 1. The largest absolute Gasteiger partial charge is 0.478 e. The van der Waals surface area contributed by atoms with Gasteiger partial charge in [-0.05, 0) is 84.2 Å². The van der Waals surface area contributed by atoms with Crippen LogP contribution in [0.15, 0.2) is 36.4 Å². The van der Waals surface area contributed by atoms with Crippen LogP contribution < -0.4 is 5.73 Å². The second kappa shape index (κ2) is 7.24. The van der Waals surface area contributed by atoms with Gasteiger partial charge < -0.3 is 10.8 Å². The van der Waals surface area contributed by atoms with E-state index in [4.69, 9.17) is 10.8 Å². The van der Waals surface area contributed by atoms with Crippen LogP contribution in [0.4, 0.5) is 0 Å². The predicted molar refractivity (Wildman–Crippen MR) is 97.4 cm³/mol. The van der Waals surface area contributed by atoms with Crippen molar-refractivity contribution in [3.05, 3.63) is 67.8 Å². The zero-order valence-corrected chi connectivity index (χ0v) is 14.9. The maximum Gasteiger partial charge on any atom is 0.335 e. The van der Waals surface area contributed by atoms with E-state index in [1.807, 2.05) is 13.0 Å². The van der Waals surface area contributed by atoms with E-state index >= 15 is 0 Å². The lowest BCUT2D eigenvalue weighted by atomic mass is 10.1. The first-order valence-corrected chi connectivity index (χ1v) is 8.28. The molecule has 0 saturated carbocycles. The second-order valence-corrected chi connectivity index (χ2v) is 6.95. The molecular weight excluding hydrogens is 389 g/mol. The standard InChI is InChI=1S/C9H10IN.C9H10O2/c10-8-2-1-6-4-9(11)5-7(6)3-8;1-6-3-4-8(9(10)11)7(2)5-6/h1-3,9H,4-5,11H2;3-5H,1-2H3,(H,10,11). The monoisotopic (exact) mass is 409 g/mol. The summed E-state index contributed by atoms with van der Waals surface area (Å²) in [5.41, 5.74) is 11.0. The lowest BCUT2D eigenvalue weighted by Crippen LogP contribution is -2.18. The molecule has 22 heavy (non-hydrogen) atoms. The molecule has 0 radical (unpaired) electrons. The Labute approximate surface area is 144 Å². The van der Waals surface area contributed by atoms with Crippen LogP contribution in [0.5, 0.6) is 0 Å². The molecule has 3 nitrogen and oxygen atoms in total. The Balaban J connectivity index is 0.000000160. The summed E-state index contributed by atoms with van der Waals surface area (Å²) >= 11 is 2.34. The summed E-state index contributed by atoms with van der Waals surface area (Å²) < 4.78 is 1.32. The van der Waals surface area contributed by atoms with Gasteiger partial charge in [-0.2, -0.15) is 0 Å². The van der Waals surface area contributed by atoms with Gasteiger partial charge in [-0.15, -0.1) is 0 Å². The number of fused-ring (bicyclic) bond motifs is 1. The molecule has 1 atom stereocenters. The van der Waals surface area contributed by atoms with Crippen molar-refractivity contribution in [3.8, 4) is 0 Å². The molecule has 0 heterocycles. The molecule has 0 spiro atoms. The molecular formula is C18H20INO2. The number of halogens is 1. The lowest BCUT2D eigenvalue weighted by Gasteiger charge is -2.00. The molecule has 2 aromatic carbocycles. The molecule has 2 aromatic rings.